The Bertz CT molecular complexity index is 977. The van der Waals surface area contributed by atoms with E-state index in [0.29, 0.717) is 5.76 Å². The molecule has 0 aliphatic heterocycles. The standard InChI is InChI=1S/C18H16FN3O3/c1-12-7-8-13(25-12)11-21(2)18(24)15-9-10-17(23)22(20-15)16-6-4-3-5-14(16)19/h3-10H,11H2,1-2H3. The van der Waals surface area contributed by atoms with E-state index in [1.807, 2.05) is 13.0 Å². The highest BCUT2D eigenvalue weighted by atomic mass is 19.1. The number of hydrogen-bond donors (Lipinski definition) is 0. The second kappa shape index (κ2) is 6.72. The Kier molecular flexibility index (Phi) is 4.47. The Labute approximate surface area is 143 Å². The molecule has 3 rings (SSSR count). The Balaban J connectivity index is 1.90. The minimum atomic E-state index is -0.596. The van der Waals surface area contributed by atoms with Crippen LogP contribution >= 0.6 is 0 Å². The van der Waals surface area contributed by atoms with Crippen LogP contribution in [0.3, 0.4) is 0 Å². The van der Waals surface area contributed by atoms with E-state index in [1.165, 1.54) is 35.2 Å². The fourth-order valence-corrected chi connectivity index (χ4v) is 2.39. The van der Waals surface area contributed by atoms with Gasteiger partial charge in [0.2, 0.25) is 0 Å². The minimum Gasteiger partial charge on any atom is -0.464 e. The van der Waals surface area contributed by atoms with Crippen molar-refractivity contribution in [2.24, 2.45) is 0 Å². The lowest BCUT2D eigenvalue weighted by molar-refractivity contribution is 0.0767. The summed E-state index contributed by atoms with van der Waals surface area (Å²) in [7, 11) is 1.60. The van der Waals surface area contributed by atoms with E-state index in [9.17, 15) is 14.0 Å². The van der Waals surface area contributed by atoms with E-state index >= 15 is 0 Å². The molecule has 0 aliphatic rings. The summed E-state index contributed by atoms with van der Waals surface area (Å²) in [4.78, 5) is 26.0. The number of para-hydroxylation sites is 1. The summed E-state index contributed by atoms with van der Waals surface area (Å²) in [5.74, 6) is 0.387. The molecule has 3 aromatic rings. The highest BCUT2D eigenvalue weighted by Crippen LogP contribution is 2.12. The first-order valence-electron chi connectivity index (χ1n) is 7.62. The third-order valence-corrected chi connectivity index (χ3v) is 3.64. The largest absolute Gasteiger partial charge is 0.464 e. The number of hydrogen-bond acceptors (Lipinski definition) is 4. The lowest BCUT2D eigenvalue weighted by atomic mass is 10.3. The SMILES string of the molecule is Cc1ccc(CN(C)C(=O)c2ccc(=O)n(-c3ccccc3F)n2)o1. The summed E-state index contributed by atoms with van der Waals surface area (Å²) in [5, 5.41) is 4.01. The highest BCUT2D eigenvalue weighted by Gasteiger charge is 2.17. The first-order valence-corrected chi connectivity index (χ1v) is 7.62. The lowest BCUT2D eigenvalue weighted by Crippen LogP contribution is -2.30. The van der Waals surface area contributed by atoms with E-state index < -0.39 is 17.3 Å². The van der Waals surface area contributed by atoms with Crippen LogP contribution in [0.4, 0.5) is 4.39 Å². The van der Waals surface area contributed by atoms with Gasteiger partial charge in [-0.3, -0.25) is 9.59 Å². The van der Waals surface area contributed by atoms with Crippen LogP contribution in [0.2, 0.25) is 0 Å². The van der Waals surface area contributed by atoms with Gasteiger partial charge in [0.25, 0.3) is 11.5 Å². The third-order valence-electron chi connectivity index (χ3n) is 3.64. The second-order valence-electron chi connectivity index (χ2n) is 5.59. The summed E-state index contributed by atoms with van der Waals surface area (Å²) in [6.07, 6.45) is 0. The molecular formula is C18H16FN3O3. The first kappa shape index (κ1) is 16.6. The number of benzene rings is 1. The van der Waals surface area contributed by atoms with Crippen LogP contribution in [0.1, 0.15) is 22.0 Å². The molecule has 2 aromatic heterocycles. The Morgan fingerprint density at radius 3 is 2.64 bits per heavy atom. The molecule has 7 heteroatoms. The molecule has 0 fully saturated rings. The van der Waals surface area contributed by atoms with Crippen LogP contribution < -0.4 is 5.56 Å². The van der Waals surface area contributed by atoms with Crippen LogP contribution in [-0.4, -0.2) is 27.6 Å². The quantitative estimate of drug-likeness (QED) is 0.731. The molecule has 0 radical (unpaired) electrons. The molecule has 0 aliphatic carbocycles. The molecule has 0 saturated carbocycles. The van der Waals surface area contributed by atoms with Crippen molar-refractivity contribution < 1.29 is 13.6 Å². The number of amides is 1. The summed E-state index contributed by atoms with van der Waals surface area (Å²) >= 11 is 0. The number of carbonyl (C=O) groups is 1. The van der Waals surface area contributed by atoms with E-state index in [0.717, 1.165) is 10.4 Å². The van der Waals surface area contributed by atoms with E-state index in [-0.39, 0.29) is 17.9 Å². The van der Waals surface area contributed by atoms with Crippen LogP contribution in [0, 0.1) is 12.7 Å². The zero-order valence-corrected chi connectivity index (χ0v) is 13.8. The number of furan rings is 1. The monoisotopic (exact) mass is 341 g/mol. The lowest BCUT2D eigenvalue weighted by Gasteiger charge is -2.16. The number of halogens is 1. The molecule has 2 heterocycles. The maximum atomic E-state index is 13.9. The van der Waals surface area contributed by atoms with Gasteiger partial charge < -0.3 is 9.32 Å². The van der Waals surface area contributed by atoms with Gasteiger partial charge in [-0.1, -0.05) is 12.1 Å². The maximum Gasteiger partial charge on any atom is 0.274 e. The van der Waals surface area contributed by atoms with Crippen molar-refractivity contribution in [1.82, 2.24) is 14.7 Å². The van der Waals surface area contributed by atoms with Crippen molar-refractivity contribution in [2.75, 3.05) is 7.05 Å². The van der Waals surface area contributed by atoms with E-state index in [2.05, 4.69) is 5.10 Å². The van der Waals surface area contributed by atoms with Crippen molar-refractivity contribution in [3.63, 3.8) is 0 Å². The van der Waals surface area contributed by atoms with Crippen molar-refractivity contribution >= 4 is 5.91 Å². The van der Waals surface area contributed by atoms with Crippen LogP contribution in [-0.2, 0) is 6.54 Å². The minimum absolute atomic E-state index is 0.00791. The fourth-order valence-electron chi connectivity index (χ4n) is 2.39. The summed E-state index contributed by atoms with van der Waals surface area (Å²) in [5.41, 5.74) is -0.494. The predicted molar refractivity (Wildman–Crippen MR) is 89.0 cm³/mol. The van der Waals surface area contributed by atoms with Gasteiger partial charge in [0.05, 0.1) is 6.54 Å². The van der Waals surface area contributed by atoms with Crippen molar-refractivity contribution in [2.45, 2.75) is 13.5 Å². The summed E-state index contributed by atoms with van der Waals surface area (Å²) < 4.78 is 20.3. The second-order valence-corrected chi connectivity index (χ2v) is 5.59. The van der Waals surface area contributed by atoms with Gasteiger partial charge in [-0.05, 0) is 37.3 Å². The molecule has 0 N–H and O–H groups in total. The van der Waals surface area contributed by atoms with Gasteiger partial charge in [-0.2, -0.15) is 9.78 Å². The zero-order chi connectivity index (χ0) is 18.0. The molecule has 1 aromatic carbocycles. The highest BCUT2D eigenvalue weighted by molar-refractivity contribution is 5.91. The number of aromatic nitrogens is 2. The maximum absolute atomic E-state index is 13.9. The predicted octanol–water partition coefficient (Wildman–Crippen LogP) is 2.55. The third kappa shape index (κ3) is 3.50. The normalized spacial score (nSPS) is 10.7. The Hall–Kier alpha value is -3.22. The average Bonchev–Trinajstić information content (AvgIpc) is 3.00. The summed E-state index contributed by atoms with van der Waals surface area (Å²) in [6, 6.07) is 11.9. The smallest absolute Gasteiger partial charge is 0.274 e. The molecule has 0 bridgehead atoms. The molecule has 1 amide bonds. The molecule has 0 unspecified atom stereocenters. The molecule has 0 atom stereocenters. The number of carbonyl (C=O) groups excluding carboxylic acids is 1. The zero-order valence-electron chi connectivity index (χ0n) is 13.8. The molecule has 128 valence electrons. The number of rotatable bonds is 4. The fraction of sp³-hybridized carbons (Fsp3) is 0.167. The molecule has 25 heavy (non-hydrogen) atoms. The number of aryl methyl sites for hydroxylation is 1. The van der Waals surface area contributed by atoms with Gasteiger partial charge in [-0.15, -0.1) is 0 Å². The van der Waals surface area contributed by atoms with Crippen LogP contribution in [0.25, 0.3) is 5.69 Å². The number of nitrogens with zero attached hydrogens (tertiary/aromatic N) is 3. The van der Waals surface area contributed by atoms with Gasteiger partial charge in [0, 0.05) is 13.1 Å². The van der Waals surface area contributed by atoms with Crippen molar-refractivity contribution in [3.05, 3.63) is 81.9 Å². The average molecular weight is 341 g/mol. The van der Waals surface area contributed by atoms with Gasteiger partial charge >= 0.3 is 0 Å². The molecule has 0 spiro atoms. The molecule has 6 nitrogen and oxygen atoms in total. The Morgan fingerprint density at radius 2 is 1.96 bits per heavy atom. The van der Waals surface area contributed by atoms with Gasteiger partial charge in [0.15, 0.2) is 0 Å². The molecular weight excluding hydrogens is 325 g/mol. The summed E-state index contributed by atoms with van der Waals surface area (Å²) in [6.45, 7) is 2.07. The van der Waals surface area contributed by atoms with Gasteiger partial charge in [-0.25, -0.2) is 4.39 Å². The first-order chi connectivity index (χ1) is 12.0. The van der Waals surface area contributed by atoms with Crippen molar-refractivity contribution in [1.29, 1.82) is 0 Å². The van der Waals surface area contributed by atoms with Crippen LogP contribution in [0.5, 0.6) is 0 Å². The molecule has 0 saturated heterocycles. The Morgan fingerprint density at radius 1 is 1.20 bits per heavy atom. The van der Waals surface area contributed by atoms with E-state index in [1.54, 1.807) is 19.2 Å². The van der Waals surface area contributed by atoms with Gasteiger partial charge in [0.1, 0.15) is 28.7 Å². The topological polar surface area (TPSA) is 68.3 Å². The van der Waals surface area contributed by atoms with E-state index in [4.69, 9.17) is 4.42 Å². The van der Waals surface area contributed by atoms with Crippen LogP contribution in [0.15, 0.2) is 57.7 Å². The van der Waals surface area contributed by atoms with Crippen molar-refractivity contribution in [3.8, 4) is 5.69 Å².